The lowest BCUT2D eigenvalue weighted by Crippen LogP contribution is -2.19. The highest BCUT2D eigenvalue weighted by Gasteiger charge is 2.14. The normalized spacial score (nSPS) is 10.1. The molecule has 0 bridgehead atoms. The van der Waals surface area contributed by atoms with Crippen molar-refractivity contribution in [2.75, 3.05) is 32.0 Å². The zero-order valence-corrected chi connectivity index (χ0v) is 15.2. The summed E-state index contributed by atoms with van der Waals surface area (Å²) < 4.78 is 15.0. The highest BCUT2D eigenvalue weighted by Crippen LogP contribution is 2.30. The van der Waals surface area contributed by atoms with E-state index in [-0.39, 0.29) is 12.4 Å². The van der Waals surface area contributed by atoms with Crippen molar-refractivity contribution in [2.24, 2.45) is 0 Å². The van der Waals surface area contributed by atoms with E-state index in [0.29, 0.717) is 28.0 Å². The third kappa shape index (κ3) is 4.83. The van der Waals surface area contributed by atoms with Gasteiger partial charge in [0, 0.05) is 16.6 Å². The number of benzene rings is 1. The van der Waals surface area contributed by atoms with Crippen LogP contribution in [0, 0.1) is 6.92 Å². The van der Waals surface area contributed by atoms with Gasteiger partial charge in [-0.3, -0.25) is 10.1 Å². The first-order valence-electron chi connectivity index (χ1n) is 7.30. The van der Waals surface area contributed by atoms with Gasteiger partial charge in [0.05, 0.1) is 33.4 Å². The number of rotatable bonds is 6. The second-order valence-corrected chi connectivity index (χ2v) is 6.01. The zero-order chi connectivity index (χ0) is 18.4. The summed E-state index contributed by atoms with van der Waals surface area (Å²) in [5.41, 5.74) is 1.22. The van der Waals surface area contributed by atoms with Gasteiger partial charge in [0.1, 0.15) is 0 Å². The van der Waals surface area contributed by atoms with Crippen LogP contribution in [0.5, 0.6) is 11.5 Å². The van der Waals surface area contributed by atoms with Crippen LogP contribution >= 0.6 is 11.3 Å². The number of thiazole rings is 1. The monoisotopic (exact) mass is 365 g/mol. The Labute approximate surface area is 149 Å². The van der Waals surface area contributed by atoms with Crippen LogP contribution in [-0.2, 0) is 16.0 Å². The minimum atomic E-state index is -0.453. The lowest BCUT2D eigenvalue weighted by molar-refractivity contribution is -0.139. The Bertz CT molecular complexity index is 775. The molecule has 134 valence electrons. The Kier molecular flexibility index (Phi) is 6.18. The molecule has 1 aromatic heterocycles. The molecule has 0 fully saturated rings. The first-order valence-corrected chi connectivity index (χ1v) is 8.11. The van der Waals surface area contributed by atoms with Crippen molar-refractivity contribution in [1.29, 1.82) is 0 Å². The smallest absolute Gasteiger partial charge is 0.325 e. The summed E-state index contributed by atoms with van der Waals surface area (Å²) in [6, 6.07) is 4.58. The lowest BCUT2D eigenvalue weighted by Gasteiger charge is -2.10. The average molecular weight is 365 g/mol. The Balaban J connectivity index is 2.03. The second kappa shape index (κ2) is 8.34. The number of anilines is 2. The molecule has 2 amide bonds. The number of carbonyl (C=O) groups excluding carboxylic acids is 2. The summed E-state index contributed by atoms with van der Waals surface area (Å²) in [7, 11) is 4.38. The number of methoxy groups -OCH3 is 3. The van der Waals surface area contributed by atoms with Gasteiger partial charge in [0.15, 0.2) is 16.6 Å². The van der Waals surface area contributed by atoms with Crippen LogP contribution in [0.4, 0.5) is 15.6 Å². The third-order valence-electron chi connectivity index (χ3n) is 3.29. The third-order valence-corrected chi connectivity index (χ3v) is 4.36. The molecule has 0 aliphatic rings. The van der Waals surface area contributed by atoms with E-state index in [0.717, 1.165) is 4.88 Å². The summed E-state index contributed by atoms with van der Waals surface area (Å²) in [6.07, 6.45) is 0.124. The van der Waals surface area contributed by atoms with Crippen molar-refractivity contribution in [3.63, 3.8) is 0 Å². The molecular weight excluding hydrogens is 346 g/mol. The molecule has 1 aromatic carbocycles. The molecular formula is C16H19N3O5S. The number of aryl methyl sites for hydroxylation is 1. The molecule has 0 radical (unpaired) electrons. The van der Waals surface area contributed by atoms with Crippen molar-refractivity contribution < 1.29 is 23.8 Å². The lowest BCUT2D eigenvalue weighted by atomic mass is 10.3. The summed E-state index contributed by atoms with van der Waals surface area (Å²) in [5.74, 6) is 0.718. The Morgan fingerprint density at radius 1 is 1.12 bits per heavy atom. The maximum Gasteiger partial charge on any atom is 0.325 e. The van der Waals surface area contributed by atoms with E-state index in [4.69, 9.17) is 9.47 Å². The van der Waals surface area contributed by atoms with Crippen LogP contribution in [0.3, 0.4) is 0 Å². The standard InChI is InChI=1S/C16H19N3O5S/c1-9-13(8-14(20)24-4)25-16(17-9)19-15(21)18-10-5-6-11(22-2)12(7-10)23-3/h5-7H,8H2,1-4H3,(H2,17,18,19,21). The minimum absolute atomic E-state index is 0.124. The number of ether oxygens (including phenoxy) is 3. The molecule has 0 aliphatic heterocycles. The fourth-order valence-corrected chi connectivity index (χ4v) is 2.97. The quantitative estimate of drug-likeness (QED) is 0.764. The highest BCUT2D eigenvalue weighted by molar-refractivity contribution is 7.16. The van der Waals surface area contributed by atoms with E-state index in [1.54, 1.807) is 25.1 Å². The summed E-state index contributed by atoms with van der Waals surface area (Å²) in [5, 5.41) is 5.73. The van der Waals surface area contributed by atoms with Gasteiger partial charge in [-0.2, -0.15) is 0 Å². The van der Waals surface area contributed by atoms with Gasteiger partial charge in [-0.15, -0.1) is 11.3 Å². The number of esters is 1. The number of urea groups is 1. The minimum Gasteiger partial charge on any atom is -0.493 e. The summed E-state index contributed by atoms with van der Waals surface area (Å²) in [6.45, 7) is 1.77. The molecule has 9 heteroatoms. The van der Waals surface area contributed by atoms with Crippen molar-refractivity contribution in [3.8, 4) is 11.5 Å². The molecule has 0 atom stereocenters. The van der Waals surface area contributed by atoms with Crippen molar-refractivity contribution >= 4 is 34.2 Å². The van der Waals surface area contributed by atoms with Crippen LogP contribution < -0.4 is 20.1 Å². The van der Waals surface area contributed by atoms with Crippen molar-refractivity contribution in [1.82, 2.24) is 4.98 Å². The topological polar surface area (TPSA) is 98.8 Å². The predicted molar refractivity (Wildman–Crippen MR) is 94.8 cm³/mol. The van der Waals surface area contributed by atoms with E-state index in [2.05, 4.69) is 20.4 Å². The zero-order valence-electron chi connectivity index (χ0n) is 14.3. The molecule has 0 unspecified atom stereocenters. The Morgan fingerprint density at radius 3 is 2.48 bits per heavy atom. The predicted octanol–water partition coefficient (Wildman–Crippen LogP) is 2.83. The highest BCUT2D eigenvalue weighted by atomic mass is 32.1. The molecule has 1 heterocycles. The number of hydrogen-bond acceptors (Lipinski definition) is 7. The van der Waals surface area contributed by atoms with E-state index in [9.17, 15) is 9.59 Å². The van der Waals surface area contributed by atoms with Gasteiger partial charge in [-0.1, -0.05) is 0 Å². The van der Waals surface area contributed by atoms with Crippen LogP contribution in [0.25, 0.3) is 0 Å². The number of nitrogens with one attached hydrogen (secondary N) is 2. The van der Waals surface area contributed by atoms with Crippen molar-refractivity contribution in [2.45, 2.75) is 13.3 Å². The molecule has 2 aromatic rings. The van der Waals surface area contributed by atoms with Crippen LogP contribution in [-0.4, -0.2) is 38.3 Å². The second-order valence-electron chi connectivity index (χ2n) is 4.93. The van der Waals surface area contributed by atoms with Crippen molar-refractivity contribution in [3.05, 3.63) is 28.8 Å². The molecule has 0 spiro atoms. The Morgan fingerprint density at radius 2 is 1.84 bits per heavy atom. The first-order chi connectivity index (χ1) is 12.0. The maximum absolute atomic E-state index is 12.1. The fraction of sp³-hybridized carbons (Fsp3) is 0.312. The fourth-order valence-electron chi connectivity index (χ4n) is 2.02. The largest absolute Gasteiger partial charge is 0.493 e. The Hall–Kier alpha value is -2.81. The summed E-state index contributed by atoms with van der Waals surface area (Å²) in [4.78, 5) is 28.4. The molecule has 0 saturated heterocycles. The van der Waals surface area contributed by atoms with E-state index in [1.807, 2.05) is 0 Å². The summed E-state index contributed by atoms with van der Waals surface area (Å²) >= 11 is 1.23. The first kappa shape index (κ1) is 18.5. The maximum atomic E-state index is 12.1. The van der Waals surface area contributed by atoms with Gasteiger partial charge in [0.2, 0.25) is 0 Å². The SMILES string of the molecule is COC(=O)Cc1sc(NC(=O)Nc2ccc(OC)c(OC)c2)nc1C. The van der Waals surface area contributed by atoms with Gasteiger partial charge < -0.3 is 19.5 Å². The van der Waals surface area contributed by atoms with E-state index >= 15 is 0 Å². The molecule has 2 N–H and O–H groups in total. The molecule has 0 saturated carbocycles. The average Bonchev–Trinajstić information content (AvgIpc) is 2.93. The molecule has 25 heavy (non-hydrogen) atoms. The molecule has 2 rings (SSSR count). The van der Waals surface area contributed by atoms with Gasteiger partial charge in [-0.05, 0) is 19.1 Å². The molecule has 8 nitrogen and oxygen atoms in total. The van der Waals surface area contributed by atoms with Gasteiger partial charge in [0.25, 0.3) is 0 Å². The number of aromatic nitrogens is 1. The van der Waals surface area contributed by atoms with Gasteiger partial charge in [-0.25, -0.2) is 9.78 Å². The number of carbonyl (C=O) groups is 2. The van der Waals surface area contributed by atoms with Gasteiger partial charge >= 0.3 is 12.0 Å². The van der Waals surface area contributed by atoms with Crippen LogP contribution in [0.2, 0.25) is 0 Å². The van der Waals surface area contributed by atoms with E-state index in [1.165, 1.54) is 32.7 Å². The van der Waals surface area contributed by atoms with Crippen LogP contribution in [0.15, 0.2) is 18.2 Å². The number of hydrogen-bond donors (Lipinski definition) is 2. The number of nitrogens with zero attached hydrogens (tertiary/aromatic N) is 1. The number of amides is 2. The van der Waals surface area contributed by atoms with Crippen LogP contribution in [0.1, 0.15) is 10.6 Å². The van der Waals surface area contributed by atoms with E-state index < -0.39 is 6.03 Å². The molecule has 0 aliphatic carbocycles.